The molecular weight excluding hydrogens is 529 g/mol. The molecule has 0 aliphatic rings. The molecule has 2 unspecified atom stereocenters. The molecule has 0 N–H and O–H groups in total. The van der Waals surface area contributed by atoms with Crippen LogP contribution in [0.25, 0.3) is 0 Å². The second-order valence-corrected chi connectivity index (χ2v) is 24.9. The lowest BCUT2D eigenvalue weighted by atomic mass is 10.5. The quantitative estimate of drug-likeness (QED) is 0.140. The van der Waals surface area contributed by atoms with E-state index in [1.165, 1.54) is 12.1 Å². The van der Waals surface area contributed by atoms with Crippen molar-refractivity contribution >= 4 is 44.4 Å². The molecule has 13 heteroatoms. The monoisotopic (exact) mass is 583 g/mol. The minimum Gasteiger partial charge on any atom is -0.444 e. The van der Waals surface area contributed by atoms with Crippen LogP contribution < -0.4 is 0 Å². The molecule has 35 heavy (non-hydrogen) atoms. The third kappa shape index (κ3) is 12.4. The summed E-state index contributed by atoms with van der Waals surface area (Å²) in [5.41, 5.74) is 0.179. The van der Waals surface area contributed by atoms with E-state index >= 15 is 0 Å². The lowest BCUT2D eigenvalue weighted by molar-refractivity contribution is 0.114. The number of hydrogen-bond acceptors (Lipinski definition) is 8. The van der Waals surface area contributed by atoms with Crippen LogP contribution in [-0.4, -0.2) is 122 Å². The Bertz CT molecular complexity index is 534. The third-order valence-electron chi connectivity index (χ3n) is 6.73. The molecule has 0 bridgehead atoms. The molecule has 209 valence electrons. The summed E-state index contributed by atoms with van der Waals surface area (Å²) < 4.78 is 38.0. The number of rotatable bonds is 22. The van der Waals surface area contributed by atoms with E-state index in [9.17, 15) is 0 Å². The van der Waals surface area contributed by atoms with Crippen LogP contribution in [-0.2, 0) is 26.2 Å². The first-order chi connectivity index (χ1) is 16.4. The van der Waals surface area contributed by atoms with Gasteiger partial charge in [-0.3, -0.25) is 0 Å². The van der Waals surface area contributed by atoms with Gasteiger partial charge in [0.1, 0.15) is 0 Å². The number of nitrogens with zero attached hydrogens (tertiary/aromatic N) is 2. The van der Waals surface area contributed by atoms with E-state index in [2.05, 4.69) is 56.9 Å². The highest BCUT2D eigenvalue weighted by atomic mass is 28.4. The van der Waals surface area contributed by atoms with Crippen molar-refractivity contribution in [1.29, 1.82) is 0 Å². The summed E-state index contributed by atoms with van der Waals surface area (Å²) in [6.45, 7) is 17.0. The van der Waals surface area contributed by atoms with Crippen molar-refractivity contribution in [2.24, 2.45) is 0 Å². The molecule has 2 atom stereocenters. The number of hydrogen-bond donors (Lipinski definition) is 0. The highest BCUT2D eigenvalue weighted by molar-refractivity contribution is 6.85. The van der Waals surface area contributed by atoms with Crippen LogP contribution in [0.1, 0.15) is 27.2 Å². The molecule has 0 spiro atoms. The van der Waals surface area contributed by atoms with Crippen LogP contribution in [0.5, 0.6) is 0 Å². The van der Waals surface area contributed by atoms with E-state index in [1.54, 1.807) is 35.5 Å². The molecule has 0 aromatic heterocycles. The lowest BCUT2D eigenvalue weighted by Crippen LogP contribution is -2.61. The zero-order valence-electron chi connectivity index (χ0n) is 24.8. The Morgan fingerprint density at radius 2 is 1.46 bits per heavy atom. The Morgan fingerprint density at radius 1 is 0.914 bits per heavy atom. The Balaban J connectivity index is 4.98. The minimum atomic E-state index is -2.72. The fourth-order valence-corrected chi connectivity index (χ4v) is 22.3. The molecule has 0 saturated carbocycles. The van der Waals surface area contributed by atoms with Crippen molar-refractivity contribution in [3.63, 3.8) is 0 Å². The van der Waals surface area contributed by atoms with E-state index in [4.69, 9.17) is 26.2 Å². The maximum atomic E-state index is 7.22. The van der Waals surface area contributed by atoms with Gasteiger partial charge in [-0.25, -0.2) is 0 Å². The topological polar surface area (TPSA) is 61.9 Å². The van der Waals surface area contributed by atoms with Gasteiger partial charge in [0.15, 0.2) is 8.32 Å². The van der Waals surface area contributed by atoms with Crippen LogP contribution >= 0.6 is 0 Å². The molecule has 0 heterocycles. The summed E-state index contributed by atoms with van der Waals surface area (Å²) in [7, 11) is 3.95. The molecule has 0 fully saturated rings. The van der Waals surface area contributed by atoms with Gasteiger partial charge in [0, 0.05) is 41.1 Å². The summed E-state index contributed by atoms with van der Waals surface area (Å²) in [5, 5.41) is 0. The van der Waals surface area contributed by atoms with Gasteiger partial charge in [0.25, 0.3) is 8.48 Å². The molecular formula is C22H55N2O6Si5. The van der Waals surface area contributed by atoms with Crippen molar-refractivity contribution in [2.45, 2.75) is 76.6 Å². The van der Waals surface area contributed by atoms with E-state index < -0.39 is 34.9 Å². The predicted molar refractivity (Wildman–Crippen MR) is 156 cm³/mol. The summed E-state index contributed by atoms with van der Waals surface area (Å²) in [6.07, 6.45) is 2.28. The average molecular weight is 584 g/mol. The van der Waals surface area contributed by atoms with Gasteiger partial charge in [0.2, 0.25) is 0 Å². The molecule has 0 aromatic rings. The normalized spacial score (nSPS) is 15.9. The first-order valence-corrected chi connectivity index (χ1v) is 23.3. The minimum absolute atomic E-state index is 0.179. The summed E-state index contributed by atoms with van der Waals surface area (Å²) >= 11 is 0. The van der Waals surface area contributed by atoms with Crippen LogP contribution in [0.4, 0.5) is 0 Å². The Hall–Kier alpha value is 0.764. The van der Waals surface area contributed by atoms with Crippen molar-refractivity contribution < 1.29 is 26.2 Å². The SMILES string of the molecule is CCN(CC)[Si](C)(CC(C)[Si](OC)(OC)OC)O[Si](C)(C)CC[Si]CN(C)CCC[Si](OC)OC. The average Bonchev–Trinajstić information content (AvgIpc) is 2.81. The van der Waals surface area contributed by atoms with Gasteiger partial charge in [-0.1, -0.05) is 26.8 Å². The van der Waals surface area contributed by atoms with E-state index in [0.29, 0.717) is 0 Å². The van der Waals surface area contributed by atoms with E-state index in [-0.39, 0.29) is 5.54 Å². The first-order valence-electron chi connectivity index (χ1n) is 12.9. The predicted octanol–water partition coefficient (Wildman–Crippen LogP) is 4.07. The Morgan fingerprint density at radius 3 is 1.91 bits per heavy atom. The maximum Gasteiger partial charge on any atom is 0.502 e. The molecule has 0 rings (SSSR count). The van der Waals surface area contributed by atoms with Crippen LogP contribution in [0.15, 0.2) is 0 Å². The van der Waals surface area contributed by atoms with Gasteiger partial charge in [-0.15, -0.1) is 0 Å². The zero-order chi connectivity index (χ0) is 27.1. The summed E-state index contributed by atoms with van der Waals surface area (Å²) in [5.74, 6) is 0. The molecule has 0 aromatic carbocycles. The smallest absolute Gasteiger partial charge is 0.444 e. The third-order valence-corrected chi connectivity index (χ3v) is 22.6. The molecule has 0 aliphatic carbocycles. The van der Waals surface area contributed by atoms with Crippen LogP contribution in [0, 0.1) is 0 Å². The molecule has 3 radical (unpaired) electrons. The van der Waals surface area contributed by atoms with Gasteiger partial charge in [-0.2, -0.15) is 0 Å². The molecule has 8 nitrogen and oxygen atoms in total. The molecule has 0 saturated heterocycles. The highest BCUT2D eigenvalue weighted by Crippen LogP contribution is 2.36. The zero-order valence-corrected chi connectivity index (χ0v) is 29.8. The van der Waals surface area contributed by atoms with Crippen molar-refractivity contribution in [3.05, 3.63) is 0 Å². The Labute approximate surface area is 224 Å². The second kappa shape index (κ2) is 18.1. The van der Waals surface area contributed by atoms with Gasteiger partial charge < -0.3 is 35.7 Å². The largest absolute Gasteiger partial charge is 0.502 e. The highest BCUT2D eigenvalue weighted by Gasteiger charge is 2.51. The van der Waals surface area contributed by atoms with Crippen LogP contribution in [0.3, 0.4) is 0 Å². The summed E-state index contributed by atoms with van der Waals surface area (Å²) in [4.78, 5) is 2.44. The fraction of sp³-hybridized carbons (Fsp3) is 1.00. The van der Waals surface area contributed by atoms with Gasteiger partial charge in [0.05, 0.1) is 9.52 Å². The summed E-state index contributed by atoms with van der Waals surface area (Å²) in [6, 6.07) is 4.41. The fourth-order valence-electron chi connectivity index (χ4n) is 4.84. The van der Waals surface area contributed by atoms with Crippen molar-refractivity contribution in [1.82, 2.24) is 9.47 Å². The lowest BCUT2D eigenvalue weighted by Gasteiger charge is -2.45. The van der Waals surface area contributed by atoms with Crippen molar-refractivity contribution in [3.8, 4) is 0 Å². The molecule has 0 amide bonds. The van der Waals surface area contributed by atoms with Crippen molar-refractivity contribution in [2.75, 3.05) is 68.4 Å². The maximum absolute atomic E-state index is 7.22. The second-order valence-electron chi connectivity index (χ2n) is 9.90. The van der Waals surface area contributed by atoms with E-state index in [0.717, 1.165) is 53.8 Å². The van der Waals surface area contributed by atoms with Gasteiger partial charge in [-0.05, 0) is 77.0 Å². The Kier molecular flexibility index (Phi) is 18.5. The van der Waals surface area contributed by atoms with Gasteiger partial charge >= 0.3 is 18.1 Å². The first kappa shape index (κ1) is 35.8. The standard InChI is InChI=1S/C22H55N2O6Si5/c1-13-24(14-2)34(12,20-22(3)35(27-7,28-8)29-9)30-33(10,11)19-17-31-21-23(4)16-15-18-32(25-5)26-6/h22H,13-21H2,1-12H3. The molecule has 0 aliphatic heterocycles. The van der Waals surface area contributed by atoms with Crippen LogP contribution in [0.2, 0.25) is 49.4 Å². The van der Waals surface area contributed by atoms with E-state index in [1.807, 2.05) is 0 Å².